The van der Waals surface area contributed by atoms with Crippen LogP contribution in [0.25, 0.3) is 0 Å². The van der Waals surface area contributed by atoms with Crippen LogP contribution < -0.4 is 10.0 Å². The Morgan fingerprint density at radius 2 is 2.05 bits per heavy atom. The molecule has 1 aliphatic carbocycles. The lowest BCUT2D eigenvalue weighted by Crippen LogP contribution is -2.51. The Bertz CT molecular complexity index is 420. The number of hydrogen-bond acceptors (Lipinski definition) is 4. The smallest absolute Gasteiger partial charge is 0.236 e. The third-order valence-electron chi connectivity index (χ3n) is 3.56. The Balaban J connectivity index is 1.73. The van der Waals surface area contributed by atoms with Gasteiger partial charge in [0.2, 0.25) is 15.9 Å². The lowest BCUT2D eigenvalue weighted by molar-refractivity contribution is -0.131. The maximum atomic E-state index is 12.0. The molecule has 2 aliphatic rings. The van der Waals surface area contributed by atoms with E-state index in [1.165, 1.54) is 12.8 Å². The third kappa shape index (κ3) is 5.46. The molecule has 1 atom stereocenters. The summed E-state index contributed by atoms with van der Waals surface area (Å²) in [6.07, 6.45) is 5.34. The highest BCUT2D eigenvalue weighted by atomic mass is 32.2. The Morgan fingerprint density at radius 1 is 1.32 bits per heavy atom. The van der Waals surface area contributed by atoms with Gasteiger partial charge >= 0.3 is 0 Å². The Kier molecular flexibility index (Phi) is 4.81. The predicted octanol–water partition coefficient (Wildman–Crippen LogP) is -0.474. The molecular formula is C12H23N3O3S. The Hall–Kier alpha value is -0.660. The van der Waals surface area contributed by atoms with E-state index in [0.29, 0.717) is 13.1 Å². The maximum Gasteiger partial charge on any atom is 0.236 e. The fourth-order valence-electron chi connectivity index (χ4n) is 2.42. The zero-order valence-electron chi connectivity index (χ0n) is 11.4. The molecule has 0 aromatic carbocycles. The van der Waals surface area contributed by atoms with Crippen molar-refractivity contribution in [1.29, 1.82) is 0 Å². The van der Waals surface area contributed by atoms with Crippen LogP contribution in [-0.4, -0.2) is 57.7 Å². The van der Waals surface area contributed by atoms with Crippen molar-refractivity contribution >= 4 is 15.9 Å². The molecule has 2 rings (SSSR count). The van der Waals surface area contributed by atoms with E-state index in [2.05, 4.69) is 10.0 Å². The number of piperidine rings is 1. The molecule has 2 N–H and O–H groups in total. The molecule has 19 heavy (non-hydrogen) atoms. The van der Waals surface area contributed by atoms with Crippen LogP contribution in [0.15, 0.2) is 0 Å². The molecule has 0 bridgehead atoms. The summed E-state index contributed by atoms with van der Waals surface area (Å²) in [5.74, 6) is 0.828. The van der Waals surface area contributed by atoms with Crippen LogP contribution in [-0.2, 0) is 14.8 Å². The first-order valence-corrected chi connectivity index (χ1v) is 8.79. The van der Waals surface area contributed by atoms with E-state index in [-0.39, 0.29) is 11.9 Å². The summed E-state index contributed by atoms with van der Waals surface area (Å²) in [7, 11) is -3.20. The molecule has 0 aromatic rings. The molecular weight excluding hydrogens is 266 g/mol. The summed E-state index contributed by atoms with van der Waals surface area (Å²) in [6.45, 7) is 2.50. The van der Waals surface area contributed by atoms with Gasteiger partial charge in [-0.3, -0.25) is 4.79 Å². The van der Waals surface area contributed by atoms with E-state index < -0.39 is 10.0 Å². The molecule has 1 saturated heterocycles. The fraction of sp³-hybridized carbons (Fsp3) is 0.917. The number of nitrogens with zero attached hydrogens (tertiary/aromatic N) is 1. The molecule has 0 aromatic heterocycles. The highest BCUT2D eigenvalue weighted by molar-refractivity contribution is 7.88. The molecule has 0 spiro atoms. The van der Waals surface area contributed by atoms with Crippen molar-refractivity contribution in [1.82, 2.24) is 14.9 Å². The highest BCUT2D eigenvalue weighted by Gasteiger charge is 2.26. The molecule has 1 amide bonds. The normalized spacial score (nSPS) is 24.5. The van der Waals surface area contributed by atoms with Gasteiger partial charge in [-0.1, -0.05) is 0 Å². The standard InChI is InChI=1S/C12H23N3O3S/c1-19(17,18)14-11-3-2-6-15(9-11)12(16)8-13-7-10-4-5-10/h10-11,13-14H,2-9H2,1H3. The average molecular weight is 289 g/mol. The second-order valence-corrected chi connectivity index (χ2v) is 7.42. The van der Waals surface area contributed by atoms with E-state index in [9.17, 15) is 13.2 Å². The topological polar surface area (TPSA) is 78.5 Å². The molecule has 1 saturated carbocycles. The number of rotatable bonds is 6. The van der Waals surface area contributed by atoms with Crippen LogP contribution in [0.3, 0.4) is 0 Å². The van der Waals surface area contributed by atoms with Crippen molar-refractivity contribution in [2.45, 2.75) is 31.7 Å². The summed E-state index contributed by atoms with van der Waals surface area (Å²) in [5.41, 5.74) is 0. The van der Waals surface area contributed by atoms with E-state index in [1.54, 1.807) is 4.90 Å². The van der Waals surface area contributed by atoms with Gasteiger partial charge < -0.3 is 10.2 Å². The zero-order chi connectivity index (χ0) is 13.9. The number of amides is 1. The quantitative estimate of drug-likeness (QED) is 0.693. The van der Waals surface area contributed by atoms with Crippen molar-refractivity contribution in [2.24, 2.45) is 5.92 Å². The summed E-state index contributed by atoms with van der Waals surface area (Å²) < 4.78 is 25.0. The van der Waals surface area contributed by atoms with Gasteiger partial charge in [0.05, 0.1) is 12.8 Å². The van der Waals surface area contributed by atoms with Gasteiger partial charge in [-0.05, 0) is 38.1 Å². The first-order valence-electron chi connectivity index (χ1n) is 6.90. The Labute approximate surface area is 115 Å². The zero-order valence-corrected chi connectivity index (χ0v) is 12.2. The van der Waals surface area contributed by atoms with E-state index >= 15 is 0 Å². The molecule has 2 fully saturated rings. The second kappa shape index (κ2) is 6.19. The summed E-state index contributed by atoms with van der Waals surface area (Å²) in [6, 6.07) is -0.142. The van der Waals surface area contributed by atoms with Crippen molar-refractivity contribution < 1.29 is 13.2 Å². The molecule has 1 unspecified atom stereocenters. The van der Waals surface area contributed by atoms with Gasteiger partial charge in [0.1, 0.15) is 0 Å². The van der Waals surface area contributed by atoms with Gasteiger partial charge in [-0.15, -0.1) is 0 Å². The summed E-state index contributed by atoms with van der Waals surface area (Å²) >= 11 is 0. The van der Waals surface area contributed by atoms with Crippen LogP contribution >= 0.6 is 0 Å². The van der Waals surface area contributed by atoms with Crippen molar-refractivity contribution in [2.75, 3.05) is 32.4 Å². The Morgan fingerprint density at radius 3 is 2.68 bits per heavy atom. The number of nitrogens with one attached hydrogen (secondary N) is 2. The highest BCUT2D eigenvalue weighted by Crippen LogP contribution is 2.27. The molecule has 7 heteroatoms. The van der Waals surface area contributed by atoms with Gasteiger partial charge in [-0.25, -0.2) is 13.1 Å². The molecule has 6 nitrogen and oxygen atoms in total. The van der Waals surface area contributed by atoms with E-state index in [4.69, 9.17) is 0 Å². The first-order chi connectivity index (χ1) is 8.94. The fourth-order valence-corrected chi connectivity index (χ4v) is 3.22. The SMILES string of the molecule is CS(=O)(=O)NC1CCCN(C(=O)CNCC2CC2)C1. The van der Waals surface area contributed by atoms with E-state index in [1.807, 2.05) is 0 Å². The van der Waals surface area contributed by atoms with Gasteiger partial charge in [0.15, 0.2) is 0 Å². The molecule has 0 radical (unpaired) electrons. The predicted molar refractivity (Wildman–Crippen MR) is 73.2 cm³/mol. The summed E-state index contributed by atoms with van der Waals surface area (Å²) in [4.78, 5) is 13.8. The molecule has 1 heterocycles. The van der Waals surface area contributed by atoms with Gasteiger partial charge in [0, 0.05) is 19.1 Å². The second-order valence-electron chi connectivity index (χ2n) is 5.64. The third-order valence-corrected chi connectivity index (χ3v) is 4.32. The largest absolute Gasteiger partial charge is 0.340 e. The number of likely N-dealkylation sites (tertiary alicyclic amines) is 1. The van der Waals surface area contributed by atoms with Crippen LogP contribution in [0.4, 0.5) is 0 Å². The van der Waals surface area contributed by atoms with E-state index in [0.717, 1.165) is 38.1 Å². The lowest BCUT2D eigenvalue weighted by Gasteiger charge is -2.32. The maximum absolute atomic E-state index is 12.0. The minimum Gasteiger partial charge on any atom is -0.340 e. The van der Waals surface area contributed by atoms with Gasteiger partial charge in [0.25, 0.3) is 0 Å². The average Bonchev–Trinajstić information content (AvgIpc) is 3.11. The molecule has 1 aliphatic heterocycles. The minimum absolute atomic E-state index is 0.0700. The van der Waals surface area contributed by atoms with Crippen molar-refractivity contribution in [3.8, 4) is 0 Å². The first kappa shape index (κ1) is 14.7. The number of carbonyl (C=O) groups is 1. The van der Waals surface area contributed by atoms with Crippen LogP contribution in [0.5, 0.6) is 0 Å². The van der Waals surface area contributed by atoms with Gasteiger partial charge in [-0.2, -0.15) is 0 Å². The number of hydrogen-bond donors (Lipinski definition) is 2. The number of sulfonamides is 1. The molecule has 110 valence electrons. The lowest BCUT2D eigenvalue weighted by atomic mass is 10.1. The minimum atomic E-state index is -3.20. The van der Waals surface area contributed by atoms with Crippen LogP contribution in [0.2, 0.25) is 0 Å². The monoisotopic (exact) mass is 289 g/mol. The van der Waals surface area contributed by atoms with Crippen molar-refractivity contribution in [3.63, 3.8) is 0 Å². The van der Waals surface area contributed by atoms with Crippen LogP contribution in [0, 0.1) is 5.92 Å². The van der Waals surface area contributed by atoms with Crippen molar-refractivity contribution in [3.05, 3.63) is 0 Å². The summed E-state index contributed by atoms with van der Waals surface area (Å²) in [5, 5.41) is 3.18. The van der Waals surface area contributed by atoms with Crippen LogP contribution in [0.1, 0.15) is 25.7 Å². The number of carbonyl (C=O) groups excluding carboxylic acids is 1.